The molecule has 0 saturated carbocycles. The van der Waals surface area contributed by atoms with Crippen molar-refractivity contribution in [2.75, 3.05) is 33.2 Å². The maximum atomic E-state index is 11.8. The standard InChI is InChI=1S/C13H19NO5/c1-17-11-7-9(10(14)8-12(11)18-2)13(16)19-6-4-3-5-15/h7-8,15H,3-6,14H2,1-2H3. The number of rotatable bonds is 7. The molecule has 106 valence electrons. The number of hydrogen-bond acceptors (Lipinski definition) is 6. The number of methoxy groups -OCH3 is 2. The molecule has 19 heavy (non-hydrogen) atoms. The van der Waals surface area contributed by atoms with Gasteiger partial charge in [0.05, 0.1) is 32.1 Å². The van der Waals surface area contributed by atoms with Crippen molar-refractivity contribution in [1.82, 2.24) is 0 Å². The first-order valence-corrected chi connectivity index (χ1v) is 5.93. The highest BCUT2D eigenvalue weighted by atomic mass is 16.5. The maximum Gasteiger partial charge on any atom is 0.340 e. The summed E-state index contributed by atoms with van der Waals surface area (Å²) < 4.78 is 15.2. The highest BCUT2D eigenvalue weighted by Gasteiger charge is 2.16. The van der Waals surface area contributed by atoms with Crippen LogP contribution in [0.3, 0.4) is 0 Å². The van der Waals surface area contributed by atoms with E-state index in [4.69, 9.17) is 25.1 Å². The fraction of sp³-hybridized carbons (Fsp3) is 0.462. The van der Waals surface area contributed by atoms with Crippen molar-refractivity contribution in [2.45, 2.75) is 12.8 Å². The molecule has 1 rings (SSSR count). The van der Waals surface area contributed by atoms with Crippen LogP contribution in [0.2, 0.25) is 0 Å². The lowest BCUT2D eigenvalue weighted by Gasteiger charge is -2.12. The number of ether oxygens (including phenoxy) is 3. The number of carbonyl (C=O) groups is 1. The van der Waals surface area contributed by atoms with Crippen LogP contribution in [0.1, 0.15) is 23.2 Å². The van der Waals surface area contributed by atoms with Gasteiger partial charge >= 0.3 is 5.97 Å². The summed E-state index contributed by atoms with van der Waals surface area (Å²) in [5.74, 6) is 0.354. The zero-order chi connectivity index (χ0) is 14.3. The van der Waals surface area contributed by atoms with E-state index in [1.54, 1.807) is 0 Å². The summed E-state index contributed by atoms with van der Waals surface area (Å²) in [5.41, 5.74) is 6.28. The first-order chi connectivity index (χ1) is 9.13. The van der Waals surface area contributed by atoms with Gasteiger partial charge in [0.1, 0.15) is 0 Å². The number of carbonyl (C=O) groups excluding carboxylic acids is 1. The highest BCUT2D eigenvalue weighted by Crippen LogP contribution is 2.32. The summed E-state index contributed by atoms with van der Waals surface area (Å²) in [6.07, 6.45) is 1.20. The number of unbranched alkanes of at least 4 members (excludes halogenated alkanes) is 1. The Balaban J connectivity index is 2.79. The van der Waals surface area contributed by atoms with Crippen molar-refractivity contribution in [3.8, 4) is 11.5 Å². The van der Waals surface area contributed by atoms with Gasteiger partial charge < -0.3 is 25.1 Å². The van der Waals surface area contributed by atoms with E-state index in [0.717, 1.165) is 0 Å². The molecule has 6 heteroatoms. The molecule has 0 fully saturated rings. The Kier molecular flexibility index (Phi) is 5.95. The van der Waals surface area contributed by atoms with E-state index in [2.05, 4.69) is 0 Å². The molecule has 3 N–H and O–H groups in total. The Morgan fingerprint density at radius 2 is 1.84 bits per heavy atom. The molecule has 0 spiro atoms. The molecule has 0 bridgehead atoms. The van der Waals surface area contributed by atoms with Crippen LogP contribution >= 0.6 is 0 Å². The molecule has 1 aromatic rings. The fourth-order valence-electron chi connectivity index (χ4n) is 1.53. The van der Waals surface area contributed by atoms with Gasteiger partial charge in [-0.05, 0) is 12.8 Å². The number of aliphatic hydroxyl groups excluding tert-OH is 1. The van der Waals surface area contributed by atoms with Crippen molar-refractivity contribution < 1.29 is 24.1 Å². The van der Waals surface area contributed by atoms with Crippen LogP contribution in [-0.2, 0) is 4.74 Å². The summed E-state index contributed by atoms with van der Waals surface area (Å²) >= 11 is 0. The highest BCUT2D eigenvalue weighted by molar-refractivity contribution is 5.96. The zero-order valence-corrected chi connectivity index (χ0v) is 11.1. The van der Waals surface area contributed by atoms with E-state index in [0.29, 0.717) is 24.3 Å². The molecule has 1 aromatic carbocycles. The number of esters is 1. The Hall–Kier alpha value is -1.95. The minimum Gasteiger partial charge on any atom is -0.493 e. The average molecular weight is 269 g/mol. The van der Waals surface area contributed by atoms with E-state index in [9.17, 15) is 4.79 Å². The lowest BCUT2D eigenvalue weighted by Crippen LogP contribution is -2.10. The Labute approximate surface area is 112 Å². The molecule has 0 amide bonds. The fourth-order valence-corrected chi connectivity index (χ4v) is 1.53. The van der Waals surface area contributed by atoms with Crippen molar-refractivity contribution in [3.05, 3.63) is 17.7 Å². The first kappa shape index (κ1) is 15.1. The molecule has 0 aliphatic heterocycles. The number of anilines is 1. The number of aliphatic hydroxyl groups is 1. The molecular formula is C13H19NO5. The molecule has 0 saturated heterocycles. The second-order valence-corrected chi connectivity index (χ2v) is 3.86. The molecular weight excluding hydrogens is 250 g/mol. The van der Waals surface area contributed by atoms with E-state index in [1.807, 2.05) is 0 Å². The van der Waals surface area contributed by atoms with Crippen LogP contribution in [0.4, 0.5) is 5.69 Å². The van der Waals surface area contributed by atoms with Gasteiger partial charge in [-0.2, -0.15) is 0 Å². The Morgan fingerprint density at radius 1 is 1.21 bits per heavy atom. The Bertz CT molecular complexity index is 433. The van der Waals surface area contributed by atoms with E-state index in [1.165, 1.54) is 26.4 Å². The minimum absolute atomic E-state index is 0.0794. The first-order valence-electron chi connectivity index (χ1n) is 5.93. The molecule has 0 atom stereocenters. The van der Waals surface area contributed by atoms with Crippen molar-refractivity contribution in [3.63, 3.8) is 0 Å². The van der Waals surface area contributed by atoms with Gasteiger partial charge in [-0.25, -0.2) is 4.79 Å². The predicted octanol–water partition coefficient (Wildman–Crippen LogP) is 1.22. The lowest BCUT2D eigenvalue weighted by atomic mass is 10.1. The minimum atomic E-state index is -0.517. The number of nitrogen functional groups attached to an aromatic ring is 1. The summed E-state index contributed by atoms with van der Waals surface area (Å²) in [6, 6.07) is 3.01. The van der Waals surface area contributed by atoms with Crippen LogP contribution in [0, 0.1) is 0 Å². The zero-order valence-electron chi connectivity index (χ0n) is 11.1. The van der Waals surface area contributed by atoms with Crippen LogP contribution in [-0.4, -0.2) is 38.5 Å². The van der Waals surface area contributed by atoms with Gasteiger partial charge in [-0.15, -0.1) is 0 Å². The van der Waals surface area contributed by atoms with Gasteiger partial charge in [0.2, 0.25) is 0 Å². The molecule has 0 radical (unpaired) electrons. The number of hydrogen-bond donors (Lipinski definition) is 2. The third-order valence-electron chi connectivity index (χ3n) is 2.56. The smallest absolute Gasteiger partial charge is 0.340 e. The molecule has 0 aliphatic rings. The van der Waals surface area contributed by atoms with Crippen molar-refractivity contribution >= 4 is 11.7 Å². The van der Waals surface area contributed by atoms with Gasteiger partial charge in [0, 0.05) is 18.7 Å². The van der Waals surface area contributed by atoms with Gasteiger partial charge in [0.25, 0.3) is 0 Å². The van der Waals surface area contributed by atoms with Gasteiger partial charge in [-0.1, -0.05) is 0 Å². The van der Waals surface area contributed by atoms with Crippen LogP contribution < -0.4 is 15.2 Å². The second-order valence-electron chi connectivity index (χ2n) is 3.86. The molecule has 0 heterocycles. The number of nitrogens with two attached hydrogens (primary N) is 1. The molecule has 0 unspecified atom stereocenters. The SMILES string of the molecule is COc1cc(N)c(C(=O)OCCCCO)cc1OC. The Morgan fingerprint density at radius 3 is 2.42 bits per heavy atom. The van der Waals surface area contributed by atoms with E-state index in [-0.39, 0.29) is 24.5 Å². The normalized spacial score (nSPS) is 10.1. The average Bonchev–Trinajstić information content (AvgIpc) is 2.42. The maximum absolute atomic E-state index is 11.8. The monoisotopic (exact) mass is 269 g/mol. The summed E-state index contributed by atoms with van der Waals surface area (Å²) in [5, 5.41) is 8.63. The molecule has 6 nitrogen and oxygen atoms in total. The van der Waals surface area contributed by atoms with Crippen LogP contribution in [0.25, 0.3) is 0 Å². The second kappa shape index (κ2) is 7.48. The van der Waals surface area contributed by atoms with Gasteiger partial charge in [0.15, 0.2) is 11.5 Å². The largest absolute Gasteiger partial charge is 0.493 e. The quantitative estimate of drug-likeness (QED) is 0.439. The summed E-state index contributed by atoms with van der Waals surface area (Å²) in [4.78, 5) is 11.8. The third kappa shape index (κ3) is 4.03. The lowest BCUT2D eigenvalue weighted by molar-refractivity contribution is 0.0493. The third-order valence-corrected chi connectivity index (χ3v) is 2.56. The van der Waals surface area contributed by atoms with Crippen molar-refractivity contribution in [2.24, 2.45) is 0 Å². The predicted molar refractivity (Wildman–Crippen MR) is 70.6 cm³/mol. The summed E-state index contributed by atoms with van der Waals surface area (Å²) in [7, 11) is 2.97. The van der Waals surface area contributed by atoms with Crippen molar-refractivity contribution in [1.29, 1.82) is 0 Å². The van der Waals surface area contributed by atoms with E-state index < -0.39 is 5.97 Å². The van der Waals surface area contributed by atoms with Crippen LogP contribution in [0.5, 0.6) is 11.5 Å². The van der Waals surface area contributed by atoms with Crippen LogP contribution in [0.15, 0.2) is 12.1 Å². The topological polar surface area (TPSA) is 91.0 Å². The van der Waals surface area contributed by atoms with E-state index >= 15 is 0 Å². The van der Waals surface area contributed by atoms with Gasteiger partial charge in [-0.3, -0.25) is 0 Å². The molecule has 0 aromatic heterocycles. The number of benzene rings is 1. The molecule has 0 aliphatic carbocycles. The summed E-state index contributed by atoms with van der Waals surface area (Å²) in [6.45, 7) is 0.323.